The average Bonchev–Trinajstić information content (AvgIpc) is 2.97. The van der Waals surface area contributed by atoms with Crippen LogP contribution in [0.15, 0.2) is 42.5 Å². The van der Waals surface area contributed by atoms with Crippen molar-refractivity contribution in [2.24, 2.45) is 0 Å². The van der Waals surface area contributed by atoms with E-state index < -0.39 is 0 Å². The van der Waals surface area contributed by atoms with Crippen LogP contribution in [0.3, 0.4) is 0 Å². The van der Waals surface area contributed by atoms with Gasteiger partial charge in [-0.2, -0.15) is 0 Å². The van der Waals surface area contributed by atoms with Crippen molar-refractivity contribution >= 4 is 5.91 Å². The fourth-order valence-electron chi connectivity index (χ4n) is 2.50. The van der Waals surface area contributed by atoms with E-state index in [-0.39, 0.29) is 11.9 Å². The van der Waals surface area contributed by atoms with Crippen LogP contribution in [0, 0.1) is 0 Å². The quantitative estimate of drug-likeness (QED) is 0.942. The van der Waals surface area contributed by atoms with Crippen LogP contribution in [0.25, 0.3) is 0 Å². The van der Waals surface area contributed by atoms with E-state index in [9.17, 15) is 4.79 Å². The van der Waals surface area contributed by atoms with Gasteiger partial charge in [-0.25, -0.2) is 0 Å². The van der Waals surface area contributed by atoms with Crippen LogP contribution in [-0.4, -0.2) is 26.7 Å². The largest absolute Gasteiger partial charge is 0.493 e. The molecule has 0 bridgehead atoms. The molecule has 1 amide bonds. The summed E-state index contributed by atoms with van der Waals surface area (Å²) in [6, 6.07) is 12.7. The van der Waals surface area contributed by atoms with Gasteiger partial charge in [0.25, 0.3) is 5.91 Å². The highest BCUT2D eigenvalue weighted by Crippen LogP contribution is 2.32. The lowest BCUT2D eigenvalue weighted by Gasteiger charge is -2.13. The Morgan fingerprint density at radius 1 is 1.14 bits per heavy atom. The fourth-order valence-corrected chi connectivity index (χ4v) is 2.50. The van der Waals surface area contributed by atoms with Gasteiger partial charge >= 0.3 is 0 Å². The van der Waals surface area contributed by atoms with Gasteiger partial charge in [-0.1, -0.05) is 18.2 Å². The number of fused-ring (bicyclic) bond motifs is 1. The smallest absolute Gasteiger partial charge is 0.252 e. The highest BCUT2D eigenvalue weighted by molar-refractivity contribution is 5.95. The summed E-state index contributed by atoms with van der Waals surface area (Å²) in [5.74, 6) is 1.76. The molecule has 5 nitrogen and oxygen atoms in total. The van der Waals surface area contributed by atoms with Crippen LogP contribution in [0.5, 0.6) is 17.2 Å². The van der Waals surface area contributed by atoms with E-state index in [1.54, 1.807) is 32.4 Å². The van der Waals surface area contributed by atoms with E-state index in [4.69, 9.17) is 14.2 Å². The normalized spacial score (nSPS) is 15.6. The molecule has 0 aromatic heterocycles. The van der Waals surface area contributed by atoms with Crippen molar-refractivity contribution in [3.05, 3.63) is 53.6 Å². The Balaban J connectivity index is 1.78. The summed E-state index contributed by atoms with van der Waals surface area (Å²) in [4.78, 5) is 12.4. The van der Waals surface area contributed by atoms with Crippen molar-refractivity contribution in [2.45, 2.75) is 6.04 Å². The molecule has 1 aliphatic rings. The summed E-state index contributed by atoms with van der Waals surface area (Å²) < 4.78 is 16.0. The number of carbonyl (C=O) groups excluding carboxylic acids is 1. The number of benzene rings is 2. The number of nitrogens with one attached hydrogen (secondary N) is 1. The number of methoxy groups -OCH3 is 2. The van der Waals surface area contributed by atoms with Crippen molar-refractivity contribution in [3.63, 3.8) is 0 Å². The number of carbonyl (C=O) groups is 1. The summed E-state index contributed by atoms with van der Waals surface area (Å²) >= 11 is 0. The Kier molecular flexibility index (Phi) is 3.87. The maximum Gasteiger partial charge on any atom is 0.252 e. The zero-order chi connectivity index (χ0) is 15.5. The van der Waals surface area contributed by atoms with Gasteiger partial charge in [0.15, 0.2) is 11.5 Å². The second-order valence-electron chi connectivity index (χ2n) is 4.94. The molecule has 0 fully saturated rings. The zero-order valence-electron chi connectivity index (χ0n) is 12.5. The topological polar surface area (TPSA) is 56.8 Å². The minimum atomic E-state index is -0.175. The highest BCUT2D eigenvalue weighted by atomic mass is 16.5. The Bertz CT molecular complexity index is 699. The summed E-state index contributed by atoms with van der Waals surface area (Å²) in [5, 5.41) is 2.98. The molecule has 0 saturated carbocycles. The molecule has 114 valence electrons. The minimum Gasteiger partial charge on any atom is -0.493 e. The van der Waals surface area contributed by atoms with E-state index >= 15 is 0 Å². The number of hydrogen-bond acceptors (Lipinski definition) is 4. The molecule has 0 aliphatic carbocycles. The number of para-hydroxylation sites is 1. The predicted octanol–water partition coefficient (Wildman–Crippen LogP) is 2.57. The van der Waals surface area contributed by atoms with Crippen LogP contribution < -0.4 is 19.5 Å². The van der Waals surface area contributed by atoms with Gasteiger partial charge in [-0.05, 0) is 24.3 Å². The van der Waals surface area contributed by atoms with E-state index in [1.165, 1.54) is 0 Å². The van der Waals surface area contributed by atoms with Crippen LogP contribution in [0.4, 0.5) is 0 Å². The fraction of sp³-hybridized carbons (Fsp3) is 0.235. The second-order valence-corrected chi connectivity index (χ2v) is 4.94. The molecule has 22 heavy (non-hydrogen) atoms. The molecule has 0 radical (unpaired) electrons. The summed E-state index contributed by atoms with van der Waals surface area (Å²) in [7, 11) is 3.10. The molecular formula is C17H17NO4. The van der Waals surface area contributed by atoms with Gasteiger partial charge in [0.2, 0.25) is 0 Å². The first-order chi connectivity index (χ1) is 10.7. The lowest BCUT2D eigenvalue weighted by Crippen LogP contribution is -2.29. The average molecular weight is 299 g/mol. The van der Waals surface area contributed by atoms with Gasteiger partial charge in [-0.3, -0.25) is 4.79 Å². The van der Waals surface area contributed by atoms with Gasteiger partial charge < -0.3 is 19.5 Å². The Labute approximate surface area is 128 Å². The first-order valence-corrected chi connectivity index (χ1v) is 6.97. The van der Waals surface area contributed by atoms with Crippen molar-refractivity contribution in [1.29, 1.82) is 0 Å². The molecule has 3 rings (SSSR count). The molecule has 1 aliphatic heterocycles. The summed E-state index contributed by atoms with van der Waals surface area (Å²) in [5.41, 5.74) is 1.51. The molecule has 1 atom stereocenters. The standard InChI is InChI=1S/C17H17NO4/c1-20-15-8-7-11(9-16(15)21-2)17(19)18-13-10-22-14-6-4-3-5-12(13)14/h3-9,13H,10H2,1-2H3,(H,18,19). The van der Waals surface area contributed by atoms with Crippen molar-refractivity contribution in [3.8, 4) is 17.2 Å². The molecule has 5 heteroatoms. The lowest BCUT2D eigenvalue weighted by molar-refractivity contribution is 0.0930. The van der Waals surface area contributed by atoms with E-state index in [0.29, 0.717) is 23.7 Å². The Hall–Kier alpha value is -2.69. The van der Waals surface area contributed by atoms with Crippen LogP contribution in [0.1, 0.15) is 22.0 Å². The highest BCUT2D eigenvalue weighted by Gasteiger charge is 2.25. The Morgan fingerprint density at radius 3 is 2.68 bits per heavy atom. The molecule has 1 N–H and O–H groups in total. The zero-order valence-corrected chi connectivity index (χ0v) is 12.5. The molecule has 0 spiro atoms. The monoisotopic (exact) mass is 299 g/mol. The third-order valence-electron chi connectivity index (χ3n) is 3.65. The van der Waals surface area contributed by atoms with Crippen LogP contribution in [0.2, 0.25) is 0 Å². The maximum atomic E-state index is 12.4. The summed E-state index contributed by atoms with van der Waals surface area (Å²) in [6.07, 6.45) is 0. The molecule has 2 aromatic carbocycles. The van der Waals surface area contributed by atoms with Crippen molar-refractivity contribution < 1.29 is 19.0 Å². The minimum absolute atomic E-state index is 0.142. The van der Waals surface area contributed by atoms with Gasteiger partial charge in [0, 0.05) is 11.1 Å². The van der Waals surface area contributed by atoms with Crippen molar-refractivity contribution in [2.75, 3.05) is 20.8 Å². The molecule has 0 saturated heterocycles. The summed E-state index contributed by atoms with van der Waals surface area (Å²) in [6.45, 7) is 0.443. The van der Waals surface area contributed by atoms with Crippen LogP contribution >= 0.6 is 0 Å². The SMILES string of the molecule is COc1ccc(C(=O)NC2COc3ccccc32)cc1OC. The van der Waals surface area contributed by atoms with Crippen LogP contribution in [-0.2, 0) is 0 Å². The van der Waals surface area contributed by atoms with Gasteiger partial charge in [0.1, 0.15) is 12.4 Å². The first-order valence-electron chi connectivity index (χ1n) is 6.97. The first kappa shape index (κ1) is 14.3. The van der Waals surface area contributed by atoms with E-state index in [0.717, 1.165) is 11.3 Å². The van der Waals surface area contributed by atoms with E-state index in [1.807, 2.05) is 24.3 Å². The lowest BCUT2D eigenvalue weighted by atomic mass is 10.1. The third kappa shape index (κ3) is 2.57. The number of amides is 1. The van der Waals surface area contributed by atoms with Gasteiger partial charge in [0.05, 0.1) is 20.3 Å². The van der Waals surface area contributed by atoms with Gasteiger partial charge in [-0.15, -0.1) is 0 Å². The number of hydrogen-bond donors (Lipinski definition) is 1. The third-order valence-corrected chi connectivity index (χ3v) is 3.65. The predicted molar refractivity (Wildman–Crippen MR) is 81.7 cm³/mol. The molecular weight excluding hydrogens is 282 g/mol. The number of ether oxygens (including phenoxy) is 3. The second kappa shape index (κ2) is 5.97. The Morgan fingerprint density at radius 2 is 1.91 bits per heavy atom. The van der Waals surface area contributed by atoms with E-state index in [2.05, 4.69) is 5.32 Å². The number of rotatable bonds is 4. The molecule has 1 heterocycles. The maximum absolute atomic E-state index is 12.4. The molecule has 1 unspecified atom stereocenters. The van der Waals surface area contributed by atoms with Crippen molar-refractivity contribution in [1.82, 2.24) is 5.32 Å². The molecule has 2 aromatic rings.